The first-order chi connectivity index (χ1) is 15.6. The van der Waals surface area contributed by atoms with E-state index in [9.17, 15) is 29.6 Å². The summed E-state index contributed by atoms with van der Waals surface area (Å²) in [5.74, 6) is -0.731. The predicted octanol–water partition coefficient (Wildman–Crippen LogP) is 1.73. The molecule has 33 heavy (non-hydrogen) atoms. The minimum absolute atomic E-state index is 0.159. The molecule has 0 aliphatic carbocycles. The van der Waals surface area contributed by atoms with Gasteiger partial charge >= 0.3 is 11.4 Å². The molecular weight excluding hydrogens is 456 g/mol. The number of hydrogen-bond donors (Lipinski definition) is 2. The van der Waals surface area contributed by atoms with Crippen molar-refractivity contribution < 1.29 is 10.0 Å². The highest BCUT2D eigenvalue weighted by Crippen LogP contribution is 2.32. The van der Waals surface area contributed by atoms with E-state index >= 15 is 0 Å². The zero-order valence-electron chi connectivity index (χ0n) is 17.1. The Bertz CT molecular complexity index is 1660. The number of hydrogen-bond acceptors (Lipinski definition) is 7. The molecule has 2 heterocycles. The highest BCUT2D eigenvalue weighted by molar-refractivity contribution is 6.30. The Hall–Kier alpha value is -4.45. The molecule has 0 saturated heterocycles. The van der Waals surface area contributed by atoms with Crippen molar-refractivity contribution in [2.75, 3.05) is 0 Å². The number of aromatic amines is 1. The molecule has 0 spiro atoms. The van der Waals surface area contributed by atoms with Crippen molar-refractivity contribution in [3.63, 3.8) is 0 Å². The van der Waals surface area contributed by atoms with Gasteiger partial charge in [-0.05, 0) is 24.3 Å². The number of nitrogens with one attached hydrogen (secondary N) is 1. The monoisotopic (exact) mass is 470 g/mol. The van der Waals surface area contributed by atoms with Crippen LogP contribution in [0.25, 0.3) is 16.7 Å². The Morgan fingerprint density at radius 1 is 1.12 bits per heavy atom. The summed E-state index contributed by atoms with van der Waals surface area (Å²) in [7, 11) is 2.98. The maximum absolute atomic E-state index is 12.3. The number of fused-ring (bicyclic) bond motifs is 1. The van der Waals surface area contributed by atoms with Crippen molar-refractivity contribution in [3.05, 3.63) is 88.4 Å². The normalized spacial score (nSPS) is 11.5. The van der Waals surface area contributed by atoms with Crippen LogP contribution >= 0.6 is 11.6 Å². The lowest BCUT2D eigenvalue weighted by atomic mass is 10.2. The molecule has 2 aromatic heterocycles. The van der Waals surface area contributed by atoms with E-state index in [-0.39, 0.29) is 22.1 Å². The van der Waals surface area contributed by atoms with E-state index in [1.54, 1.807) is 12.1 Å². The second-order valence-corrected chi connectivity index (χ2v) is 7.49. The highest BCUT2D eigenvalue weighted by Gasteiger charge is 2.20. The van der Waals surface area contributed by atoms with E-state index in [1.807, 2.05) is 0 Å². The highest BCUT2D eigenvalue weighted by atomic mass is 35.5. The molecule has 0 aliphatic heterocycles. The van der Waals surface area contributed by atoms with Crippen LogP contribution in [0.5, 0.6) is 5.88 Å². The molecule has 168 valence electrons. The molecule has 0 atom stereocenters. The smallest absolute Gasteiger partial charge is 0.335 e. The average molecular weight is 471 g/mol. The Labute approximate surface area is 188 Å². The molecule has 2 N–H and O–H groups in total. The third kappa shape index (κ3) is 3.61. The molecule has 12 nitrogen and oxygen atoms in total. The van der Waals surface area contributed by atoms with Gasteiger partial charge in [0.1, 0.15) is 11.3 Å². The molecule has 13 heteroatoms. The molecule has 0 aliphatic rings. The number of imidazole rings is 1. The number of benzene rings is 2. The van der Waals surface area contributed by atoms with Crippen molar-refractivity contribution in [3.8, 4) is 11.6 Å². The van der Waals surface area contributed by atoms with E-state index in [2.05, 4.69) is 9.98 Å². The molecular formula is C20H15ClN6O6. The first kappa shape index (κ1) is 21.8. The van der Waals surface area contributed by atoms with Crippen LogP contribution < -0.4 is 16.9 Å². The maximum Gasteiger partial charge on any atom is 0.335 e. The largest absolute Gasteiger partial charge is 0.493 e. The first-order valence-corrected chi connectivity index (χ1v) is 9.70. The fourth-order valence-electron chi connectivity index (χ4n) is 3.42. The number of nitro groups is 1. The molecule has 0 bridgehead atoms. The molecule has 0 amide bonds. The van der Waals surface area contributed by atoms with Gasteiger partial charge in [-0.15, -0.1) is 0 Å². The number of rotatable bonds is 4. The number of halogens is 1. The van der Waals surface area contributed by atoms with Gasteiger partial charge in [-0.3, -0.25) is 29.0 Å². The van der Waals surface area contributed by atoms with Crippen LogP contribution in [0, 0.1) is 10.1 Å². The van der Waals surface area contributed by atoms with Crippen LogP contribution in [-0.2, 0) is 14.1 Å². The topological polar surface area (TPSA) is 158 Å². The number of nitro benzene ring substituents is 1. The van der Waals surface area contributed by atoms with Gasteiger partial charge < -0.3 is 5.11 Å². The van der Waals surface area contributed by atoms with E-state index in [4.69, 9.17) is 11.6 Å². The van der Waals surface area contributed by atoms with Gasteiger partial charge in [0, 0.05) is 31.4 Å². The van der Waals surface area contributed by atoms with E-state index in [0.717, 1.165) is 10.8 Å². The van der Waals surface area contributed by atoms with Gasteiger partial charge in [0.15, 0.2) is 0 Å². The molecule has 2 aromatic carbocycles. The number of aryl methyl sites for hydroxylation is 2. The molecule has 0 radical (unpaired) electrons. The summed E-state index contributed by atoms with van der Waals surface area (Å²) >= 11 is 5.95. The summed E-state index contributed by atoms with van der Waals surface area (Å²) in [4.78, 5) is 53.8. The average Bonchev–Trinajstić information content (AvgIpc) is 2.96. The Balaban J connectivity index is 1.92. The van der Waals surface area contributed by atoms with Crippen LogP contribution in [0.1, 0.15) is 5.56 Å². The van der Waals surface area contributed by atoms with Crippen LogP contribution in [0.4, 0.5) is 11.4 Å². The number of nitrogens with zero attached hydrogens (tertiary/aromatic N) is 5. The lowest BCUT2D eigenvalue weighted by Gasteiger charge is -2.09. The fourth-order valence-corrected chi connectivity index (χ4v) is 3.60. The summed E-state index contributed by atoms with van der Waals surface area (Å²) in [5, 5.41) is 22.5. The lowest BCUT2D eigenvalue weighted by molar-refractivity contribution is -0.383. The second-order valence-electron chi connectivity index (χ2n) is 7.06. The quantitative estimate of drug-likeness (QED) is 0.262. The predicted molar refractivity (Wildman–Crippen MR) is 121 cm³/mol. The number of aliphatic imine (C=N–C) groups is 1. The second kappa shape index (κ2) is 7.91. The van der Waals surface area contributed by atoms with Gasteiger partial charge in [-0.25, -0.2) is 19.1 Å². The SMILES string of the molecule is Cn1c(=O)n(C)c2cc([N+](=O)[O-])c(N=Cc3c(O)n(-c4cccc(Cl)c4)c(=O)[nH]c3=O)cc21. The summed E-state index contributed by atoms with van der Waals surface area (Å²) in [6.45, 7) is 0. The van der Waals surface area contributed by atoms with Crippen molar-refractivity contribution in [2.45, 2.75) is 0 Å². The third-order valence-electron chi connectivity index (χ3n) is 5.09. The molecule has 4 aromatic rings. The zero-order chi connectivity index (χ0) is 24.0. The van der Waals surface area contributed by atoms with Crippen molar-refractivity contribution >= 4 is 40.2 Å². The van der Waals surface area contributed by atoms with Gasteiger partial charge in [0.25, 0.3) is 11.2 Å². The van der Waals surface area contributed by atoms with Crippen LogP contribution in [0.3, 0.4) is 0 Å². The van der Waals surface area contributed by atoms with E-state index < -0.39 is 33.3 Å². The zero-order valence-corrected chi connectivity index (χ0v) is 17.9. The number of aromatic hydroxyl groups is 1. The van der Waals surface area contributed by atoms with Crippen LogP contribution in [0.2, 0.25) is 5.02 Å². The number of H-pyrrole nitrogens is 1. The molecule has 4 rings (SSSR count). The number of aromatic nitrogens is 4. The van der Waals surface area contributed by atoms with E-state index in [1.165, 1.54) is 47.5 Å². The van der Waals surface area contributed by atoms with Gasteiger partial charge in [0.2, 0.25) is 5.88 Å². The standard InChI is InChI=1S/C20H15ClN6O6/c1-24-15-7-13(14(27(32)33)8-16(15)25(2)20(24)31)22-9-12-17(28)23-19(30)26(18(12)29)11-5-3-4-10(21)6-11/h3-9,29H,1-2H3,(H,23,28,30). The molecule has 0 fully saturated rings. The van der Waals surface area contributed by atoms with Crippen LogP contribution in [-0.4, -0.2) is 34.9 Å². The Morgan fingerprint density at radius 3 is 2.42 bits per heavy atom. The Morgan fingerprint density at radius 2 is 1.79 bits per heavy atom. The van der Waals surface area contributed by atoms with Gasteiger partial charge in [0.05, 0.1) is 21.6 Å². The van der Waals surface area contributed by atoms with Gasteiger partial charge in [-0.1, -0.05) is 17.7 Å². The molecule has 0 unspecified atom stereocenters. The summed E-state index contributed by atoms with van der Waals surface area (Å²) in [6, 6.07) is 8.51. The van der Waals surface area contributed by atoms with Crippen molar-refractivity contribution in [1.82, 2.24) is 18.7 Å². The Kier molecular flexibility index (Phi) is 5.22. The maximum atomic E-state index is 12.3. The fraction of sp³-hybridized carbons (Fsp3) is 0.100. The summed E-state index contributed by atoms with van der Waals surface area (Å²) < 4.78 is 3.36. The summed E-state index contributed by atoms with van der Waals surface area (Å²) in [5.41, 5.74) is -2.35. The van der Waals surface area contributed by atoms with Gasteiger partial charge in [-0.2, -0.15) is 0 Å². The lowest BCUT2D eigenvalue weighted by Crippen LogP contribution is -2.31. The third-order valence-corrected chi connectivity index (χ3v) is 5.32. The van der Waals surface area contributed by atoms with Crippen molar-refractivity contribution in [1.29, 1.82) is 0 Å². The van der Waals surface area contributed by atoms with Crippen LogP contribution in [0.15, 0.2) is 55.8 Å². The molecule has 0 saturated carbocycles. The minimum atomic E-state index is -0.949. The van der Waals surface area contributed by atoms with E-state index in [0.29, 0.717) is 11.0 Å². The summed E-state index contributed by atoms with van der Waals surface area (Å²) in [6.07, 6.45) is 0.907. The first-order valence-electron chi connectivity index (χ1n) is 9.32. The van der Waals surface area contributed by atoms with Crippen molar-refractivity contribution in [2.24, 2.45) is 19.1 Å². The minimum Gasteiger partial charge on any atom is -0.493 e.